The highest BCUT2D eigenvalue weighted by molar-refractivity contribution is 5.90. The lowest BCUT2D eigenvalue weighted by molar-refractivity contribution is -0.136. The van der Waals surface area contributed by atoms with Gasteiger partial charge in [-0.1, -0.05) is 54.6 Å². The Morgan fingerprint density at radius 1 is 1.03 bits per heavy atom. The minimum Gasteiger partial charge on any atom is -0.354 e. The molecule has 156 valence electrons. The lowest BCUT2D eigenvalue weighted by atomic mass is 9.91. The molecule has 2 fully saturated rings. The van der Waals surface area contributed by atoms with Crippen molar-refractivity contribution in [3.05, 3.63) is 60.2 Å². The van der Waals surface area contributed by atoms with Crippen LogP contribution < -0.4 is 5.32 Å². The number of carbonyl (C=O) groups is 3. The number of benzene rings is 2. The summed E-state index contributed by atoms with van der Waals surface area (Å²) in [5, 5.41) is 2.96. The van der Waals surface area contributed by atoms with E-state index in [0.29, 0.717) is 32.6 Å². The zero-order valence-corrected chi connectivity index (χ0v) is 17.2. The lowest BCUT2D eigenvalue weighted by Gasteiger charge is -2.26. The molecule has 0 aromatic heterocycles. The number of likely N-dealkylation sites (tertiary alicyclic amines) is 1. The Labute approximate surface area is 176 Å². The molecule has 0 unspecified atom stereocenters. The van der Waals surface area contributed by atoms with Gasteiger partial charge in [-0.15, -0.1) is 0 Å². The van der Waals surface area contributed by atoms with Crippen LogP contribution in [0.3, 0.4) is 0 Å². The van der Waals surface area contributed by atoms with Crippen LogP contribution in [0.4, 0.5) is 0 Å². The summed E-state index contributed by atoms with van der Waals surface area (Å²) >= 11 is 0. The van der Waals surface area contributed by atoms with Gasteiger partial charge in [0.05, 0.1) is 11.8 Å². The number of carbonyl (C=O) groups excluding carboxylic acids is 3. The second kappa shape index (κ2) is 8.69. The van der Waals surface area contributed by atoms with Crippen molar-refractivity contribution >= 4 is 17.7 Å². The van der Waals surface area contributed by atoms with Crippen molar-refractivity contribution in [2.75, 3.05) is 33.2 Å². The first-order valence-electron chi connectivity index (χ1n) is 10.5. The fraction of sp³-hybridized carbons (Fsp3) is 0.375. The molecule has 0 bridgehead atoms. The summed E-state index contributed by atoms with van der Waals surface area (Å²) in [4.78, 5) is 41.0. The number of amides is 3. The van der Waals surface area contributed by atoms with Crippen molar-refractivity contribution in [1.82, 2.24) is 15.1 Å². The highest BCUT2D eigenvalue weighted by Crippen LogP contribution is 2.27. The minimum absolute atomic E-state index is 0.00529. The maximum Gasteiger partial charge on any atom is 0.228 e. The number of rotatable bonds is 4. The van der Waals surface area contributed by atoms with Gasteiger partial charge in [-0.05, 0) is 23.1 Å². The van der Waals surface area contributed by atoms with Crippen LogP contribution in [0.1, 0.15) is 12.0 Å². The van der Waals surface area contributed by atoms with Crippen LogP contribution in [0, 0.1) is 11.8 Å². The normalized spacial score (nSPS) is 22.0. The van der Waals surface area contributed by atoms with E-state index in [1.807, 2.05) is 30.3 Å². The molecule has 2 aliphatic heterocycles. The fourth-order valence-electron chi connectivity index (χ4n) is 4.41. The third-order valence-electron chi connectivity index (χ3n) is 6.06. The van der Waals surface area contributed by atoms with E-state index in [2.05, 4.69) is 29.6 Å². The third-order valence-corrected chi connectivity index (χ3v) is 6.06. The molecule has 3 amide bonds. The van der Waals surface area contributed by atoms with Gasteiger partial charge in [-0.25, -0.2) is 0 Å². The Morgan fingerprint density at radius 3 is 2.50 bits per heavy atom. The summed E-state index contributed by atoms with van der Waals surface area (Å²) in [6.45, 7) is 1.76. The van der Waals surface area contributed by atoms with Crippen LogP contribution in [0.5, 0.6) is 0 Å². The standard InChI is InChI=1S/C24H27N3O3/c1-26-15-20(14-22(26)28)24(30)27-12-11-25-23(29)19(16-27)13-18-9-5-6-10-21(18)17-7-3-2-4-8-17/h2-10,19-20H,11-16H2,1H3,(H,25,29)/t19-,20+/m1/s1. The van der Waals surface area contributed by atoms with Crippen LogP contribution in [-0.4, -0.2) is 60.7 Å². The molecule has 30 heavy (non-hydrogen) atoms. The Kier molecular flexibility index (Phi) is 5.84. The molecule has 2 heterocycles. The van der Waals surface area contributed by atoms with Crippen LogP contribution in [-0.2, 0) is 20.8 Å². The number of nitrogens with zero attached hydrogens (tertiary/aromatic N) is 2. The molecular formula is C24H27N3O3. The van der Waals surface area contributed by atoms with E-state index in [1.165, 1.54) is 0 Å². The molecule has 6 heteroatoms. The maximum atomic E-state index is 13.0. The predicted octanol–water partition coefficient (Wildman–Crippen LogP) is 1.95. The first-order valence-corrected chi connectivity index (χ1v) is 10.5. The van der Waals surface area contributed by atoms with Gasteiger partial charge in [0, 0.05) is 39.6 Å². The number of hydrogen-bond donors (Lipinski definition) is 1. The number of nitrogens with one attached hydrogen (secondary N) is 1. The van der Waals surface area contributed by atoms with Gasteiger partial charge >= 0.3 is 0 Å². The highest BCUT2D eigenvalue weighted by Gasteiger charge is 2.37. The molecule has 2 aromatic rings. The SMILES string of the molecule is CN1C[C@@H](C(=O)N2CCNC(=O)[C@H](Cc3ccccc3-c3ccccc3)C2)CC1=O. The summed E-state index contributed by atoms with van der Waals surface area (Å²) < 4.78 is 0. The zero-order valence-electron chi connectivity index (χ0n) is 17.2. The van der Waals surface area contributed by atoms with E-state index in [4.69, 9.17) is 0 Å². The lowest BCUT2D eigenvalue weighted by Crippen LogP contribution is -2.41. The first kappa shape index (κ1) is 20.1. The summed E-state index contributed by atoms with van der Waals surface area (Å²) in [5.74, 6) is -0.673. The van der Waals surface area contributed by atoms with Gasteiger partial charge in [0.1, 0.15) is 0 Å². The van der Waals surface area contributed by atoms with E-state index in [0.717, 1.165) is 16.7 Å². The van der Waals surface area contributed by atoms with Crippen molar-refractivity contribution in [3.63, 3.8) is 0 Å². The molecule has 1 N–H and O–H groups in total. The van der Waals surface area contributed by atoms with E-state index in [9.17, 15) is 14.4 Å². The van der Waals surface area contributed by atoms with Gasteiger partial charge in [0.15, 0.2) is 0 Å². The first-order chi connectivity index (χ1) is 14.5. The quantitative estimate of drug-likeness (QED) is 0.845. The monoisotopic (exact) mass is 405 g/mol. The highest BCUT2D eigenvalue weighted by atomic mass is 16.2. The average Bonchev–Trinajstić information content (AvgIpc) is 2.99. The molecule has 2 aromatic carbocycles. The van der Waals surface area contributed by atoms with Crippen molar-refractivity contribution in [3.8, 4) is 11.1 Å². The van der Waals surface area contributed by atoms with E-state index < -0.39 is 0 Å². The Hall–Kier alpha value is -3.15. The summed E-state index contributed by atoms with van der Waals surface area (Å²) in [6.07, 6.45) is 0.818. The smallest absolute Gasteiger partial charge is 0.228 e. The molecular weight excluding hydrogens is 378 g/mol. The topological polar surface area (TPSA) is 69.7 Å². The average molecular weight is 405 g/mol. The van der Waals surface area contributed by atoms with E-state index >= 15 is 0 Å². The van der Waals surface area contributed by atoms with E-state index in [1.54, 1.807) is 16.8 Å². The summed E-state index contributed by atoms with van der Waals surface area (Å²) in [7, 11) is 1.73. The molecule has 0 aliphatic carbocycles. The molecule has 0 spiro atoms. The Balaban J connectivity index is 1.53. The third kappa shape index (κ3) is 4.22. The Morgan fingerprint density at radius 2 is 1.77 bits per heavy atom. The van der Waals surface area contributed by atoms with Crippen LogP contribution in [0.2, 0.25) is 0 Å². The molecule has 6 nitrogen and oxygen atoms in total. The molecule has 4 rings (SSSR count). The molecule has 2 atom stereocenters. The zero-order chi connectivity index (χ0) is 21.1. The van der Waals surface area contributed by atoms with Gasteiger partial charge in [-0.2, -0.15) is 0 Å². The van der Waals surface area contributed by atoms with Crippen LogP contribution in [0.25, 0.3) is 11.1 Å². The molecule has 0 saturated carbocycles. The van der Waals surface area contributed by atoms with E-state index in [-0.39, 0.29) is 36.0 Å². The molecule has 2 aliphatic rings. The van der Waals surface area contributed by atoms with Crippen molar-refractivity contribution < 1.29 is 14.4 Å². The van der Waals surface area contributed by atoms with Crippen LogP contribution in [0.15, 0.2) is 54.6 Å². The van der Waals surface area contributed by atoms with Gasteiger partial charge < -0.3 is 15.1 Å². The second-order valence-corrected chi connectivity index (χ2v) is 8.17. The molecule has 2 saturated heterocycles. The molecule has 0 radical (unpaired) electrons. The van der Waals surface area contributed by atoms with Crippen molar-refractivity contribution in [2.24, 2.45) is 11.8 Å². The van der Waals surface area contributed by atoms with Gasteiger partial charge in [0.2, 0.25) is 17.7 Å². The van der Waals surface area contributed by atoms with Gasteiger partial charge in [0.25, 0.3) is 0 Å². The number of hydrogen-bond acceptors (Lipinski definition) is 3. The summed E-state index contributed by atoms with van der Waals surface area (Å²) in [5.41, 5.74) is 3.31. The van der Waals surface area contributed by atoms with Crippen molar-refractivity contribution in [2.45, 2.75) is 12.8 Å². The fourth-order valence-corrected chi connectivity index (χ4v) is 4.41. The second-order valence-electron chi connectivity index (χ2n) is 8.17. The van der Waals surface area contributed by atoms with Crippen molar-refractivity contribution in [1.29, 1.82) is 0 Å². The van der Waals surface area contributed by atoms with Gasteiger partial charge in [-0.3, -0.25) is 14.4 Å². The summed E-state index contributed by atoms with van der Waals surface area (Å²) in [6, 6.07) is 18.2. The predicted molar refractivity (Wildman–Crippen MR) is 114 cm³/mol. The van der Waals surface area contributed by atoms with Crippen LogP contribution >= 0.6 is 0 Å². The Bertz CT molecular complexity index is 944. The largest absolute Gasteiger partial charge is 0.354 e. The minimum atomic E-state index is -0.323. The maximum absolute atomic E-state index is 13.0.